The molecule has 0 atom stereocenters. The SMILES string of the molecule is Cc1c(N(Cc2ccccc2F)S(C)(=O)=O)c(=O)n(-c2ccccc2)n1C. The minimum atomic E-state index is -3.82. The summed E-state index contributed by atoms with van der Waals surface area (Å²) in [6, 6.07) is 14.8. The summed E-state index contributed by atoms with van der Waals surface area (Å²) in [6.07, 6.45) is 1.01. The number of hydrogen-bond acceptors (Lipinski definition) is 3. The van der Waals surface area contributed by atoms with Crippen molar-refractivity contribution in [3.05, 3.63) is 82.0 Å². The molecule has 0 aliphatic carbocycles. The van der Waals surface area contributed by atoms with Gasteiger partial charge in [0.25, 0.3) is 5.56 Å². The molecule has 0 N–H and O–H groups in total. The molecule has 0 fully saturated rings. The van der Waals surface area contributed by atoms with Crippen molar-refractivity contribution in [1.29, 1.82) is 0 Å². The Morgan fingerprint density at radius 1 is 1.04 bits per heavy atom. The van der Waals surface area contributed by atoms with Gasteiger partial charge in [-0.1, -0.05) is 36.4 Å². The first-order chi connectivity index (χ1) is 12.7. The van der Waals surface area contributed by atoms with Crippen LogP contribution in [-0.4, -0.2) is 24.0 Å². The first-order valence-electron chi connectivity index (χ1n) is 8.27. The van der Waals surface area contributed by atoms with E-state index in [0.29, 0.717) is 11.4 Å². The predicted molar refractivity (Wildman–Crippen MR) is 103 cm³/mol. The minimum absolute atomic E-state index is 0.00658. The second-order valence-corrected chi connectivity index (χ2v) is 8.18. The zero-order valence-electron chi connectivity index (χ0n) is 15.3. The molecular weight excluding hydrogens is 369 g/mol. The third-order valence-corrected chi connectivity index (χ3v) is 5.56. The van der Waals surface area contributed by atoms with Crippen molar-refractivity contribution in [2.24, 2.45) is 7.05 Å². The maximum absolute atomic E-state index is 14.1. The number of halogens is 1. The molecule has 0 aliphatic rings. The number of rotatable bonds is 5. The Morgan fingerprint density at radius 2 is 1.63 bits per heavy atom. The van der Waals surface area contributed by atoms with E-state index in [-0.39, 0.29) is 17.8 Å². The van der Waals surface area contributed by atoms with Gasteiger partial charge in [-0.15, -0.1) is 0 Å². The van der Waals surface area contributed by atoms with E-state index in [0.717, 1.165) is 10.6 Å². The lowest BCUT2D eigenvalue weighted by Crippen LogP contribution is -2.34. The average molecular weight is 389 g/mol. The first kappa shape index (κ1) is 18.9. The van der Waals surface area contributed by atoms with E-state index in [9.17, 15) is 17.6 Å². The van der Waals surface area contributed by atoms with Crippen molar-refractivity contribution in [3.63, 3.8) is 0 Å². The van der Waals surface area contributed by atoms with Crippen molar-refractivity contribution in [3.8, 4) is 5.69 Å². The Balaban J connectivity index is 2.20. The third-order valence-electron chi connectivity index (χ3n) is 4.45. The van der Waals surface area contributed by atoms with Crippen LogP contribution in [0.1, 0.15) is 11.3 Å². The molecule has 0 aliphatic heterocycles. The number of nitrogens with zero attached hydrogens (tertiary/aromatic N) is 3. The van der Waals surface area contributed by atoms with Crippen molar-refractivity contribution < 1.29 is 12.8 Å². The summed E-state index contributed by atoms with van der Waals surface area (Å²) in [7, 11) is -2.15. The molecule has 0 spiro atoms. The molecule has 0 bridgehead atoms. The smallest absolute Gasteiger partial charge is 0.283 e. The molecule has 3 rings (SSSR count). The fourth-order valence-electron chi connectivity index (χ4n) is 2.98. The Labute approximate surface area is 157 Å². The third kappa shape index (κ3) is 3.52. The van der Waals surface area contributed by atoms with Crippen LogP contribution in [0.5, 0.6) is 0 Å². The average Bonchev–Trinajstić information content (AvgIpc) is 2.83. The summed E-state index contributed by atoms with van der Waals surface area (Å²) in [6.45, 7) is 1.40. The van der Waals surface area contributed by atoms with Gasteiger partial charge in [0.1, 0.15) is 11.5 Å². The first-order valence-corrected chi connectivity index (χ1v) is 10.1. The summed E-state index contributed by atoms with van der Waals surface area (Å²) in [5.41, 5.74) is 0.788. The number of benzene rings is 2. The topological polar surface area (TPSA) is 64.3 Å². The highest BCUT2D eigenvalue weighted by atomic mass is 32.2. The van der Waals surface area contributed by atoms with Crippen LogP contribution in [0.2, 0.25) is 0 Å². The van der Waals surface area contributed by atoms with Gasteiger partial charge in [0.15, 0.2) is 0 Å². The van der Waals surface area contributed by atoms with E-state index in [1.807, 2.05) is 6.07 Å². The lowest BCUT2D eigenvalue weighted by atomic mass is 10.2. The molecule has 2 aromatic carbocycles. The van der Waals surface area contributed by atoms with Gasteiger partial charge >= 0.3 is 0 Å². The van der Waals surface area contributed by atoms with Gasteiger partial charge in [0.2, 0.25) is 10.0 Å². The summed E-state index contributed by atoms with van der Waals surface area (Å²) in [5, 5.41) is 0. The lowest BCUT2D eigenvalue weighted by molar-refractivity contribution is 0.590. The van der Waals surface area contributed by atoms with Gasteiger partial charge in [0.05, 0.1) is 24.2 Å². The largest absolute Gasteiger partial charge is 0.296 e. The summed E-state index contributed by atoms with van der Waals surface area (Å²) < 4.78 is 42.9. The van der Waals surface area contributed by atoms with Crippen LogP contribution in [0.15, 0.2) is 59.4 Å². The second kappa shape index (κ2) is 7.03. The molecule has 3 aromatic rings. The van der Waals surface area contributed by atoms with E-state index >= 15 is 0 Å². The van der Waals surface area contributed by atoms with Crippen molar-refractivity contribution in [1.82, 2.24) is 9.36 Å². The van der Waals surface area contributed by atoms with E-state index in [1.165, 1.54) is 22.9 Å². The number of hydrogen-bond donors (Lipinski definition) is 0. The van der Waals surface area contributed by atoms with Gasteiger partial charge in [-0.3, -0.25) is 13.8 Å². The zero-order chi connectivity index (χ0) is 19.8. The minimum Gasteiger partial charge on any atom is -0.283 e. The zero-order valence-corrected chi connectivity index (χ0v) is 16.1. The van der Waals surface area contributed by atoms with Crippen molar-refractivity contribution in [2.45, 2.75) is 13.5 Å². The summed E-state index contributed by atoms with van der Waals surface area (Å²) in [5.74, 6) is -0.525. The number of para-hydroxylation sites is 1. The van der Waals surface area contributed by atoms with Crippen LogP contribution in [0.25, 0.3) is 5.69 Å². The molecule has 0 saturated carbocycles. The van der Waals surface area contributed by atoms with Gasteiger partial charge in [-0.2, -0.15) is 0 Å². The fourth-order valence-corrected chi connectivity index (χ4v) is 3.90. The molecule has 0 unspecified atom stereocenters. The van der Waals surface area contributed by atoms with E-state index in [4.69, 9.17) is 0 Å². The standard InChI is InChI=1S/C19H20FN3O3S/c1-14-18(19(24)23(21(14)2)16-10-5-4-6-11-16)22(27(3,25)26)13-15-9-7-8-12-17(15)20/h4-12H,13H2,1-3H3. The Kier molecular flexibility index (Phi) is 4.93. The monoisotopic (exact) mass is 389 g/mol. The van der Waals surface area contributed by atoms with Crippen LogP contribution < -0.4 is 9.86 Å². The lowest BCUT2D eigenvalue weighted by Gasteiger charge is -2.21. The summed E-state index contributed by atoms with van der Waals surface area (Å²) in [4.78, 5) is 13.1. The number of sulfonamides is 1. The van der Waals surface area contributed by atoms with E-state index < -0.39 is 21.4 Å². The molecule has 0 amide bonds. The highest BCUT2D eigenvalue weighted by Crippen LogP contribution is 2.23. The molecule has 1 aromatic heterocycles. The van der Waals surface area contributed by atoms with Crippen LogP contribution in [0.3, 0.4) is 0 Å². The molecule has 1 heterocycles. The van der Waals surface area contributed by atoms with Crippen molar-refractivity contribution in [2.75, 3.05) is 10.6 Å². The Hall–Kier alpha value is -2.87. The molecule has 8 heteroatoms. The normalized spacial score (nSPS) is 11.6. The van der Waals surface area contributed by atoms with Gasteiger partial charge < -0.3 is 0 Å². The van der Waals surface area contributed by atoms with E-state index in [2.05, 4.69) is 0 Å². The fraction of sp³-hybridized carbons (Fsp3) is 0.211. The van der Waals surface area contributed by atoms with Crippen LogP contribution in [0, 0.1) is 12.7 Å². The van der Waals surface area contributed by atoms with Crippen LogP contribution in [-0.2, 0) is 23.6 Å². The van der Waals surface area contributed by atoms with Gasteiger partial charge in [-0.05, 0) is 25.1 Å². The Bertz CT molecular complexity index is 1130. The molecular formula is C19H20FN3O3S. The molecule has 6 nitrogen and oxygen atoms in total. The molecule has 0 saturated heterocycles. The van der Waals surface area contributed by atoms with Crippen molar-refractivity contribution >= 4 is 15.7 Å². The van der Waals surface area contributed by atoms with Crippen LogP contribution in [0.4, 0.5) is 10.1 Å². The maximum atomic E-state index is 14.1. The van der Waals surface area contributed by atoms with Gasteiger partial charge in [0, 0.05) is 12.6 Å². The van der Waals surface area contributed by atoms with Gasteiger partial charge in [-0.25, -0.2) is 17.5 Å². The van der Waals surface area contributed by atoms with E-state index in [1.54, 1.807) is 49.0 Å². The number of anilines is 1. The summed E-state index contributed by atoms with van der Waals surface area (Å²) >= 11 is 0. The highest BCUT2D eigenvalue weighted by molar-refractivity contribution is 7.92. The second-order valence-electron chi connectivity index (χ2n) is 6.27. The predicted octanol–water partition coefficient (Wildman–Crippen LogP) is 2.59. The quantitative estimate of drug-likeness (QED) is 0.674. The molecule has 0 radical (unpaired) electrons. The molecule has 142 valence electrons. The maximum Gasteiger partial charge on any atom is 0.296 e. The van der Waals surface area contributed by atoms with Crippen LogP contribution >= 0.6 is 0 Å². The number of aromatic nitrogens is 2. The molecule has 27 heavy (non-hydrogen) atoms. The Morgan fingerprint density at radius 3 is 2.22 bits per heavy atom. The highest BCUT2D eigenvalue weighted by Gasteiger charge is 2.28.